The van der Waals surface area contributed by atoms with Crippen molar-refractivity contribution >= 4 is 5.91 Å². The SMILES string of the molecule is CC(C)Cc1nnc(C2CC3(CN(C(=O)c4cccn4C)C3)CN2C)o1. The van der Waals surface area contributed by atoms with Gasteiger partial charge in [0, 0.05) is 44.7 Å². The van der Waals surface area contributed by atoms with Crippen molar-refractivity contribution in [1.29, 1.82) is 0 Å². The Balaban J connectivity index is 1.41. The maximum atomic E-state index is 12.6. The molecule has 2 aromatic heterocycles. The van der Waals surface area contributed by atoms with Gasteiger partial charge in [0.2, 0.25) is 11.8 Å². The summed E-state index contributed by atoms with van der Waals surface area (Å²) >= 11 is 0. The predicted molar refractivity (Wildman–Crippen MR) is 96.6 cm³/mol. The van der Waals surface area contributed by atoms with Gasteiger partial charge in [-0.1, -0.05) is 13.8 Å². The molecule has 1 spiro atoms. The second-order valence-electron chi connectivity index (χ2n) is 8.43. The summed E-state index contributed by atoms with van der Waals surface area (Å²) in [5.41, 5.74) is 0.894. The number of amides is 1. The number of hydrogen-bond acceptors (Lipinski definition) is 5. The van der Waals surface area contributed by atoms with Crippen LogP contribution in [-0.2, 0) is 13.5 Å². The van der Waals surface area contributed by atoms with Gasteiger partial charge in [0.05, 0.1) is 6.04 Å². The molecule has 7 nitrogen and oxygen atoms in total. The van der Waals surface area contributed by atoms with E-state index < -0.39 is 0 Å². The van der Waals surface area contributed by atoms with Crippen molar-refractivity contribution in [3.63, 3.8) is 0 Å². The van der Waals surface area contributed by atoms with Crippen LogP contribution in [0.3, 0.4) is 0 Å². The number of aryl methyl sites for hydroxylation is 1. The van der Waals surface area contributed by atoms with Gasteiger partial charge in [-0.05, 0) is 31.5 Å². The fourth-order valence-corrected chi connectivity index (χ4v) is 4.36. The highest BCUT2D eigenvalue weighted by Crippen LogP contribution is 2.47. The Morgan fingerprint density at radius 3 is 2.73 bits per heavy atom. The van der Waals surface area contributed by atoms with Crippen molar-refractivity contribution < 1.29 is 9.21 Å². The molecule has 2 aromatic rings. The van der Waals surface area contributed by atoms with Crippen LogP contribution >= 0.6 is 0 Å². The van der Waals surface area contributed by atoms with Crippen molar-refractivity contribution in [2.45, 2.75) is 32.7 Å². The molecule has 140 valence electrons. The number of likely N-dealkylation sites (tertiary alicyclic amines) is 2. The van der Waals surface area contributed by atoms with Crippen LogP contribution in [-0.4, -0.2) is 57.2 Å². The molecule has 0 aliphatic carbocycles. The molecule has 4 heterocycles. The highest BCUT2D eigenvalue weighted by molar-refractivity contribution is 5.93. The van der Waals surface area contributed by atoms with E-state index in [2.05, 4.69) is 36.0 Å². The molecule has 2 aliphatic heterocycles. The summed E-state index contributed by atoms with van der Waals surface area (Å²) in [7, 11) is 4.01. The Bertz CT molecular complexity index is 802. The molecule has 1 unspecified atom stereocenters. The first-order valence-corrected chi connectivity index (χ1v) is 9.30. The van der Waals surface area contributed by atoms with Crippen molar-refractivity contribution in [1.82, 2.24) is 24.6 Å². The van der Waals surface area contributed by atoms with Crippen LogP contribution < -0.4 is 0 Å². The van der Waals surface area contributed by atoms with E-state index in [1.165, 1.54) is 0 Å². The molecule has 0 bridgehead atoms. The third-order valence-corrected chi connectivity index (χ3v) is 5.60. The van der Waals surface area contributed by atoms with Crippen molar-refractivity contribution in [3.8, 4) is 0 Å². The molecular formula is C19H27N5O2. The van der Waals surface area contributed by atoms with Gasteiger partial charge in [-0.3, -0.25) is 9.69 Å². The number of carbonyl (C=O) groups is 1. The Kier molecular flexibility index (Phi) is 4.14. The van der Waals surface area contributed by atoms with Crippen LogP contribution in [0.25, 0.3) is 0 Å². The normalized spacial score (nSPS) is 22.3. The van der Waals surface area contributed by atoms with Gasteiger partial charge < -0.3 is 13.9 Å². The number of carbonyl (C=O) groups excluding carboxylic acids is 1. The van der Waals surface area contributed by atoms with Gasteiger partial charge in [-0.2, -0.15) is 0 Å². The average molecular weight is 357 g/mol. The van der Waals surface area contributed by atoms with E-state index >= 15 is 0 Å². The first-order valence-electron chi connectivity index (χ1n) is 9.30. The molecule has 1 amide bonds. The molecule has 4 rings (SSSR count). The molecule has 1 atom stereocenters. The van der Waals surface area contributed by atoms with Crippen molar-refractivity contribution in [2.24, 2.45) is 18.4 Å². The highest BCUT2D eigenvalue weighted by atomic mass is 16.4. The van der Waals surface area contributed by atoms with Gasteiger partial charge in [0.1, 0.15) is 5.69 Å². The molecule has 0 aromatic carbocycles. The Morgan fingerprint density at radius 2 is 2.08 bits per heavy atom. The largest absolute Gasteiger partial charge is 0.424 e. The summed E-state index contributed by atoms with van der Waals surface area (Å²) in [6, 6.07) is 3.94. The Labute approximate surface area is 154 Å². The van der Waals surface area contributed by atoms with Crippen LogP contribution in [0.1, 0.15) is 48.6 Å². The van der Waals surface area contributed by atoms with Crippen LogP contribution in [0, 0.1) is 11.3 Å². The maximum Gasteiger partial charge on any atom is 0.270 e. The minimum Gasteiger partial charge on any atom is -0.424 e. The monoisotopic (exact) mass is 357 g/mol. The number of aromatic nitrogens is 3. The summed E-state index contributed by atoms with van der Waals surface area (Å²) in [5.74, 6) is 2.05. The molecular weight excluding hydrogens is 330 g/mol. The van der Waals surface area contributed by atoms with E-state index in [1.54, 1.807) is 0 Å². The average Bonchev–Trinajstić information content (AvgIpc) is 3.23. The van der Waals surface area contributed by atoms with Crippen molar-refractivity contribution in [2.75, 3.05) is 26.7 Å². The van der Waals surface area contributed by atoms with Crippen LogP contribution in [0.15, 0.2) is 22.7 Å². The first-order chi connectivity index (χ1) is 12.4. The summed E-state index contributed by atoms with van der Waals surface area (Å²) in [4.78, 5) is 16.9. The second-order valence-corrected chi connectivity index (χ2v) is 8.43. The summed E-state index contributed by atoms with van der Waals surface area (Å²) in [5, 5.41) is 8.49. The van der Waals surface area contributed by atoms with Gasteiger partial charge in [0.15, 0.2) is 0 Å². The standard InChI is InChI=1S/C19H27N5O2/c1-13(2)8-16-20-21-17(26-16)15-9-19(10-23(15)4)11-24(12-19)18(25)14-6-5-7-22(14)3/h5-7,13,15H,8-12H2,1-4H3. The maximum absolute atomic E-state index is 12.6. The predicted octanol–water partition coefficient (Wildman–Crippen LogP) is 2.13. The summed E-state index contributed by atoms with van der Waals surface area (Å²) < 4.78 is 7.79. The van der Waals surface area contributed by atoms with Crippen molar-refractivity contribution in [3.05, 3.63) is 35.8 Å². The molecule has 0 N–H and O–H groups in total. The lowest BCUT2D eigenvalue weighted by molar-refractivity contribution is 0.0107. The minimum absolute atomic E-state index is 0.117. The van der Waals surface area contributed by atoms with Gasteiger partial charge >= 0.3 is 0 Å². The summed E-state index contributed by atoms with van der Waals surface area (Å²) in [6.07, 6.45) is 3.68. The molecule has 7 heteroatoms. The van der Waals surface area contributed by atoms with E-state index in [0.717, 1.165) is 44.1 Å². The topological polar surface area (TPSA) is 67.4 Å². The zero-order chi connectivity index (χ0) is 18.5. The second kappa shape index (κ2) is 6.23. The number of rotatable bonds is 4. The number of hydrogen-bond donors (Lipinski definition) is 0. The van der Waals surface area contributed by atoms with E-state index in [1.807, 2.05) is 34.8 Å². The lowest BCUT2D eigenvalue weighted by Gasteiger charge is -2.48. The van der Waals surface area contributed by atoms with Gasteiger partial charge in [-0.25, -0.2) is 0 Å². The van der Waals surface area contributed by atoms with Crippen LogP contribution in [0.5, 0.6) is 0 Å². The Morgan fingerprint density at radius 1 is 1.31 bits per heavy atom. The van der Waals surface area contributed by atoms with E-state index in [4.69, 9.17) is 4.42 Å². The summed E-state index contributed by atoms with van der Waals surface area (Å²) in [6.45, 7) is 6.84. The third-order valence-electron chi connectivity index (χ3n) is 5.60. The lowest BCUT2D eigenvalue weighted by Crippen LogP contribution is -2.59. The van der Waals surface area contributed by atoms with Crippen LogP contribution in [0.4, 0.5) is 0 Å². The van der Waals surface area contributed by atoms with E-state index in [0.29, 0.717) is 11.8 Å². The van der Waals surface area contributed by atoms with E-state index in [9.17, 15) is 4.79 Å². The molecule has 2 saturated heterocycles. The quantitative estimate of drug-likeness (QED) is 0.838. The minimum atomic E-state index is 0.117. The Hall–Kier alpha value is -2.15. The van der Waals surface area contributed by atoms with Gasteiger partial charge in [0.25, 0.3) is 5.91 Å². The van der Waals surface area contributed by atoms with Crippen LogP contribution in [0.2, 0.25) is 0 Å². The molecule has 26 heavy (non-hydrogen) atoms. The smallest absolute Gasteiger partial charge is 0.270 e. The zero-order valence-electron chi connectivity index (χ0n) is 16.0. The van der Waals surface area contributed by atoms with E-state index in [-0.39, 0.29) is 17.4 Å². The first kappa shape index (κ1) is 17.3. The van der Waals surface area contributed by atoms with Gasteiger partial charge in [-0.15, -0.1) is 10.2 Å². The number of nitrogens with zero attached hydrogens (tertiary/aromatic N) is 5. The zero-order valence-corrected chi connectivity index (χ0v) is 16.0. The molecule has 0 saturated carbocycles. The molecule has 2 aliphatic rings. The highest BCUT2D eigenvalue weighted by Gasteiger charge is 2.53. The fraction of sp³-hybridized carbons (Fsp3) is 0.632. The molecule has 2 fully saturated rings. The fourth-order valence-electron chi connectivity index (χ4n) is 4.36. The lowest BCUT2D eigenvalue weighted by atomic mass is 9.77. The molecule has 0 radical (unpaired) electrons. The third kappa shape index (κ3) is 2.94.